The van der Waals surface area contributed by atoms with Gasteiger partial charge in [0.25, 0.3) is 0 Å². The predicted octanol–water partition coefficient (Wildman–Crippen LogP) is 2.23. The van der Waals surface area contributed by atoms with Gasteiger partial charge in [0, 0.05) is 5.88 Å². The predicted molar refractivity (Wildman–Crippen MR) is 56.8 cm³/mol. The van der Waals surface area contributed by atoms with Gasteiger partial charge in [-0.25, -0.2) is 0 Å². The zero-order chi connectivity index (χ0) is 11.4. The number of hydrogen-bond acceptors (Lipinski definition) is 2. The SMILES string of the molecule is Cc1ccc(CCl)c(CC(=O)O)c1C#N. The van der Waals surface area contributed by atoms with Gasteiger partial charge in [0.2, 0.25) is 0 Å². The molecule has 0 aliphatic rings. The third-order valence-corrected chi connectivity index (χ3v) is 2.49. The van der Waals surface area contributed by atoms with Crippen LogP contribution in [-0.2, 0) is 17.1 Å². The van der Waals surface area contributed by atoms with Crippen molar-refractivity contribution in [1.82, 2.24) is 0 Å². The summed E-state index contributed by atoms with van der Waals surface area (Å²) in [5, 5.41) is 17.7. The zero-order valence-electron chi connectivity index (χ0n) is 8.25. The molecule has 0 saturated heterocycles. The molecule has 0 atom stereocenters. The Hall–Kier alpha value is -1.53. The van der Waals surface area contributed by atoms with Crippen molar-refractivity contribution in [3.8, 4) is 6.07 Å². The van der Waals surface area contributed by atoms with Crippen LogP contribution in [0.2, 0.25) is 0 Å². The Morgan fingerprint density at radius 2 is 2.27 bits per heavy atom. The fourth-order valence-corrected chi connectivity index (χ4v) is 1.69. The molecule has 15 heavy (non-hydrogen) atoms. The Morgan fingerprint density at radius 1 is 1.60 bits per heavy atom. The molecule has 0 aliphatic heterocycles. The van der Waals surface area contributed by atoms with Crippen LogP contribution in [0.5, 0.6) is 0 Å². The number of carboxylic acids is 1. The molecular formula is C11H10ClNO2. The number of alkyl halides is 1. The standard InChI is InChI=1S/C11H10ClNO2/c1-7-2-3-8(5-12)9(4-11(14)15)10(7)6-13/h2-3H,4-5H2,1H3,(H,14,15). The quantitative estimate of drug-likeness (QED) is 0.800. The molecule has 0 fully saturated rings. The van der Waals surface area contributed by atoms with Crippen molar-refractivity contribution in [3.63, 3.8) is 0 Å². The fourth-order valence-electron chi connectivity index (χ4n) is 1.44. The Kier molecular flexibility index (Phi) is 3.70. The van der Waals surface area contributed by atoms with E-state index in [9.17, 15) is 4.79 Å². The van der Waals surface area contributed by atoms with E-state index >= 15 is 0 Å². The summed E-state index contributed by atoms with van der Waals surface area (Å²) in [5.74, 6) is -0.735. The maximum absolute atomic E-state index is 10.7. The van der Waals surface area contributed by atoms with Crippen LogP contribution >= 0.6 is 11.6 Å². The fraction of sp³-hybridized carbons (Fsp3) is 0.273. The van der Waals surface area contributed by atoms with Crippen LogP contribution in [0.25, 0.3) is 0 Å². The molecule has 3 nitrogen and oxygen atoms in total. The van der Waals surface area contributed by atoms with Gasteiger partial charge in [-0.1, -0.05) is 12.1 Å². The summed E-state index contributed by atoms with van der Waals surface area (Å²) >= 11 is 5.69. The lowest BCUT2D eigenvalue weighted by Crippen LogP contribution is -2.06. The smallest absolute Gasteiger partial charge is 0.307 e. The molecule has 1 N–H and O–H groups in total. The minimum atomic E-state index is -0.955. The van der Waals surface area contributed by atoms with Gasteiger partial charge in [-0.15, -0.1) is 11.6 Å². The number of hydrogen-bond donors (Lipinski definition) is 1. The summed E-state index contributed by atoms with van der Waals surface area (Å²) in [7, 11) is 0. The number of benzene rings is 1. The number of carbonyl (C=O) groups is 1. The molecule has 0 heterocycles. The molecule has 0 aliphatic carbocycles. The van der Waals surface area contributed by atoms with Crippen LogP contribution < -0.4 is 0 Å². The summed E-state index contributed by atoms with van der Waals surface area (Å²) in [6.45, 7) is 1.78. The first-order chi connectivity index (χ1) is 7.10. The van der Waals surface area contributed by atoms with E-state index in [1.807, 2.05) is 6.07 Å². The minimum Gasteiger partial charge on any atom is -0.481 e. The lowest BCUT2D eigenvalue weighted by molar-refractivity contribution is -0.136. The average molecular weight is 224 g/mol. The van der Waals surface area contributed by atoms with E-state index in [0.29, 0.717) is 16.7 Å². The Bertz CT molecular complexity index is 435. The van der Waals surface area contributed by atoms with Crippen LogP contribution in [0.4, 0.5) is 0 Å². The van der Waals surface area contributed by atoms with Crippen LogP contribution in [0, 0.1) is 18.3 Å². The van der Waals surface area contributed by atoms with E-state index in [-0.39, 0.29) is 12.3 Å². The second-order valence-corrected chi connectivity index (χ2v) is 3.48. The lowest BCUT2D eigenvalue weighted by Gasteiger charge is -2.09. The highest BCUT2D eigenvalue weighted by Gasteiger charge is 2.13. The molecule has 0 radical (unpaired) electrons. The number of nitriles is 1. The third kappa shape index (κ3) is 2.48. The molecule has 0 spiro atoms. The van der Waals surface area contributed by atoms with Gasteiger partial charge in [0.1, 0.15) is 0 Å². The summed E-state index contributed by atoms with van der Waals surface area (Å²) < 4.78 is 0. The molecule has 0 saturated carbocycles. The van der Waals surface area contributed by atoms with Crippen molar-refractivity contribution in [2.75, 3.05) is 0 Å². The van der Waals surface area contributed by atoms with Gasteiger partial charge in [-0.05, 0) is 23.6 Å². The summed E-state index contributed by atoms with van der Waals surface area (Å²) in [6, 6.07) is 5.57. The second kappa shape index (κ2) is 4.81. The highest BCUT2D eigenvalue weighted by atomic mass is 35.5. The van der Waals surface area contributed by atoms with Gasteiger partial charge >= 0.3 is 5.97 Å². The Labute approximate surface area is 92.9 Å². The van der Waals surface area contributed by atoms with Crippen LogP contribution in [0.3, 0.4) is 0 Å². The summed E-state index contributed by atoms with van der Waals surface area (Å²) in [5.41, 5.74) is 2.44. The maximum atomic E-state index is 10.7. The second-order valence-electron chi connectivity index (χ2n) is 3.21. The first-order valence-corrected chi connectivity index (χ1v) is 4.92. The normalized spacial score (nSPS) is 9.67. The topological polar surface area (TPSA) is 61.1 Å². The van der Waals surface area contributed by atoms with E-state index in [1.54, 1.807) is 19.1 Å². The summed E-state index contributed by atoms with van der Waals surface area (Å²) in [4.78, 5) is 10.7. The van der Waals surface area contributed by atoms with Crippen molar-refractivity contribution in [1.29, 1.82) is 5.26 Å². The molecular weight excluding hydrogens is 214 g/mol. The number of halogens is 1. The monoisotopic (exact) mass is 223 g/mol. The maximum Gasteiger partial charge on any atom is 0.307 e. The molecule has 0 amide bonds. The van der Waals surface area contributed by atoms with Crippen molar-refractivity contribution in [3.05, 3.63) is 34.4 Å². The van der Waals surface area contributed by atoms with Crippen molar-refractivity contribution in [2.24, 2.45) is 0 Å². The number of nitrogens with zero attached hydrogens (tertiary/aromatic N) is 1. The van der Waals surface area contributed by atoms with Gasteiger partial charge in [-0.2, -0.15) is 5.26 Å². The van der Waals surface area contributed by atoms with E-state index < -0.39 is 5.97 Å². The number of aryl methyl sites for hydroxylation is 1. The molecule has 0 unspecified atom stereocenters. The van der Waals surface area contributed by atoms with Crippen molar-refractivity contribution >= 4 is 17.6 Å². The molecule has 1 rings (SSSR count). The average Bonchev–Trinajstić information content (AvgIpc) is 2.18. The van der Waals surface area contributed by atoms with E-state index in [4.69, 9.17) is 22.0 Å². The van der Waals surface area contributed by atoms with Gasteiger partial charge < -0.3 is 5.11 Å². The number of carboxylic acid groups (broad SMARTS) is 1. The van der Waals surface area contributed by atoms with Crippen LogP contribution in [0.1, 0.15) is 22.3 Å². The van der Waals surface area contributed by atoms with Crippen LogP contribution in [-0.4, -0.2) is 11.1 Å². The number of aliphatic carboxylic acids is 1. The van der Waals surface area contributed by atoms with Gasteiger partial charge in [-0.3, -0.25) is 4.79 Å². The van der Waals surface area contributed by atoms with Crippen LogP contribution in [0.15, 0.2) is 12.1 Å². The first kappa shape index (κ1) is 11.5. The Morgan fingerprint density at radius 3 is 2.73 bits per heavy atom. The molecule has 4 heteroatoms. The van der Waals surface area contributed by atoms with Crippen molar-refractivity contribution in [2.45, 2.75) is 19.2 Å². The molecule has 78 valence electrons. The molecule has 0 aromatic heterocycles. The lowest BCUT2D eigenvalue weighted by atomic mass is 9.96. The van der Waals surface area contributed by atoms with E-state index in [2.05, 4.69) is 0 Å². The number of rotatable bonds is 3. The third-order valence-electron chi connectivity index (χ3n) is 2.20. The zero-order valence-corrected chi connectivity index (χ0v) is 9.01. The van der Waals surface area contributed by atoms with Gasteiger partial charge in [0.15, 0.2) is 0 Å². The van der Waals surface area contributed by atoms with Gasteiger partial charge in [0.05, 0.1) is 18.1 Å². The van der Waals surface area contributed by atoms with E-state index in [0.717, 1.165) is 5.56 Å². The first-order valence-electron chi connectivity index (χ1n) is 4.39. The Balaban J connectivity index is 3.35. The van der Waals surface area contributed by atoms with E-state index in [1.165, 1.54) is 0 Å². The largest absolute Gasteiger partial charge is 0.481 e. The highest BCUT2D eigenvalue weighted by Crippen LogP contribution is 2.20. The van der Waals surface area contributed by atoms with Crippen molar-refractivity contribution < 1.29 is 9.90 Å². The molecule has 0 bridgehead atoms. The molecule has 1 aromatic rings. The summed E-state index contributed by atoms with van der Waals surface area (Å²) in [6.07, 6.45) is -0.160. The minimum absolute atomic E-state index is 0.160. The highest BCUT2D eigenvalue weighted by molar-refractivity contribution is 6.17. The molecule has 1 aromatic carbocycles.